The second-order valence-electron chi connectivity index (χ2n) is 14.0. The van der Waals surface area contributed by atoms with Crippen LogP contribution in [0.15, 0.2) is 97.1 Å². The van der Waals surface area contributed by atoms with Crippen molar-refractivity contribution >= 4 is 23.5 Å². The number of aliphatic hydroxyl groups is 2. The summed E-state index contributed by atoms with van der Waals surface area (Å²) in [6.07, 6.45) is 0.645. The van der Waals surface area contributed by atoms with Gasteiger partial charge in [0, 0.05) is 55.5 Å². The summed E-state index contributed by atoms with van der Waals surface area (Å²) in [4.78, 5) is 25.5. The Morgan fingerprint density at radius 3 is 2.23 bits per heavy atom. The van der Waals surface area contributed by atoms with Gasteiger partial charge in [0.2, 0.25) is 5.91 Å². The number of likely N-dealkylation sites (tertiary alicyclic amines) is 1. The van der Waals surface area contributed by atoms with E-state index in [9.17, 15) is 19.8 Å². The molecule has 10 heteroatoms. The minimum absolute atomic E-state index is 0.0261. The zero-order chi connectivity index (χ0) is 36.7. The zero-order valence-corrected chi connectivity index (χ0v) is 30.2. The summed E-state index contributed by atoms with van der Waals surface area (Å²) in [7, 11) is 0. The molecular weight excluding hydrogens is 680 g/mol. The van der Waals surface area contributed by atoms with Crippen molar-refractivity contribution in [1.82, 2.24) is 10.2 Å². The van der Waals surface area contributed by atoms with Crippen LogP contribution >= 0.6 is 11.6 Å². The maximum Gasteiger partial charge on any atom is 0.303 e. The predicted molar refractivity (Wildman–Crippen MR) is 199 cm³/mol. The van der Waals surface area contributed by atoms with E-state index in [1.54, 1.807) is 0 Å². The molecular formula is C42H47ClN2O7. The van der Waals surface area contributed by atoms with E-state index in [1.807, 2.05) is 97.1 Å². The number of nitrogens with zero attached hydrogens (tertiary/aromatic N) is 1. The van der Waals surface area contributed by atoms with Crippen molar-refractivity contribution in [3.8, 4) is 11.1 Å². The van der Waals surface area contributed by atoms with Crippen LogP contribution in [0.25, 0.3) is 11.1 Å². The third-order valence-electron chi connectivity index (χ3n) is 10.4. The normalized spacial score (nSPS) is 21.8. The Kier molecular flexibility index (Phi) is 12.4. The molecule has 2 saturated heterocycles. The summed E-state index contributed by atoms with van der Waals surface area (Å²) >= 11 is 6.10. The molecule has 4 atom stereocenters. The van der Waals surface area contributed by atoms with Crippen LogP contribution in [-0.2, 0) is 37.8 Å². The number of carbonyl (C=O) groups excluding carboxylic acids is 1. The van der Waals surface area contributed by atoms with E-state index in [4.69, 9.17) is 26.2 Å². The smallest absolute Gasteiger partial charge is 0.303 e. The first kappa shape index (κ1) is 37.7. The number of carboxylic acid groups (broad SMARTS) is 1. The van der Waals surface area contributed by atoms with Crippen LogP contribution in [0.5, 0.6) is 0 Å². The number of aliphatic carboxylic acids is 1. The molecule has 6 rings (SSSR count). The molecule has 2 aliphatic rings. The standard InChI is InChI=1S/C42H47ClN2O7/c1-28-37(26-45-23-21-42(50,22-24-45)34-17-19-35(43)20-18-34)51-41(52-40(28)31-11-9-29(27-46)10-12-31)32-15-13-30(14-16-32)36-6-3-2-5-33(36)25-44-38(47)7-4-8-39(48)49/h2-3,5-6,9-20,28,37,40-41,46,50H,4,7-8,21-27H2,1H3,(H,44,47)(H,48,49)/t28-,37+,40+,41+/m1/s1. The number of ether oxygens (including phenoxy) is 2. The maximum absolute atomic E-state index is 12.3. The minimum atomic E-state index is -0.908. The van der Waals surface area contributed by atoms with Gasteiger partial charge in [-0.05, 0) is 64.8 Å². The number of amides is 1. The molecule has 4 aromatic rings. The van der Waals surface area contributed by atoms with Gasteiger partial charge in [-0.3, -0.25) is 9.59 Å². The SMILES string of the molecule is C[C@@H]1[C@H](CN2CCC(O)(c3ccc(Cl)cc3)CC2)O[C@H](c2ccc(-c3ccccc3CNC(=O)CCCC(=O)O)cc2)O[C@@H]1c1ccc(CO)cc1. The van der Waals surface area contributed by atoms with Crippen molar-refractivity contribution in [3.05, 3.63) is 130 Å². The van der Waals surface area contributed by atoms with Gasteiger partial charge in [-0.15, -0.1) is 0 Å². The second kappa shape index (κ2) is 17.2. The molecule has 0 bridgehead atoms. The molecule has 2 heterocycles. The quantitative estimate of drug-likeness (QED) is 0.114. The summed E-state index contributed by atoms with van der Waals surface area (Å²) < 4.78 is 13.5. The van der Waals surface area contributed by atoms with Gasteiger partial charge in [0.05, 0.1) is 24.4 Å². The summed E-state index contributed by atoms with van der Waals surface area (Å²) in [6.45, 7) is 4.61. The molecule has 274 valence electrons. The molecule has 52 heavy (non-hydrogen) atoms. The van der Waals surface area contributed by atoms with Gasteiger partial charge in [-0.2, -0.15) is 0 Å². The lowest BCUT2D eigenvalue weighted by atomic mass is 9.84. The van der Waals surface area contributed by atoms with Crippen molar-refractivity contribution < 1.29 is 34.4 Å². The van der Waals surface area contributed by atoms with Crippen molar-refractivity contribution in [1.29, 1.82) is 0 Å². The highest BCUT2D eigenvalue weighted by Crippen LogP contribution is 2.43. The fraction of sp³-hybridized carbons (Fsp3) is 0.381. The van der Waals surface area contributed by atoms with E-state index in [-0.39, 0.29) is 43.5 Å². The molecule has 1 amide bonds. The summed E-state index contributed by atoms with van der Waals surface area (Å²) in [6, 6.07) is 31.4. The predicted octanol–water partition coefficient (Wildman–Crippen LogP) is 7.15. The molecule has 4 N–H and O–H groups in total. The van der Waals surface area contributed by atoms with E-state index in [0.717, 1.165) is 52.0 Å². The molecule has 4 aromatic carbocycles. The Bertz CT molecular complexity index is 1790. The Morgan fingerprint density at radius 1 is 0.885 bits per heavy atom. The maximum atomic E-state index is 12.3. The molecule has 0 unspecified atom stereocenters. The van der Waals surface area contributed by atoms with Crippen LogP contribution in [0.2, 0.25) is 5.02 Å². The van der Waals surface area contributed by atoms with Crippen LogP contribution in [0.1, 0.15) is 79.2 Å². The Balaban J connectivity index is 1.16. The number of rotatable bonds is 13. The number of carbonyl (C=O) groups is 2. The number of aliphatic hydroxyl groups excluding tert-OH is 1. The monoisotopic (exact) mass is 726 g/mol. The lowest BCUT2D eigenvalue weighted by molar-refractivity contribution is -0.277. The number of halogens is 1. The first-order valence-corrected chi connectivity index (χ1v) is 18.4. The largest absolute Gasteiger partial charge is 0.481 e. The van der Waals surface area contributed by atoms with Crippen LogP contribution in [0.3, 0.4) is 0 Å². The Hall–Kier alpha value is -4.09. The van der Waals surface area contributed by atoms with E-state index >= 15 is 0 Å². The number of benzene rings is 4. The highest BCUT2D eigenvalue weighted by molar-refractivity contribution is 6.30. The molecule has 0 radical (unpaired) electrons. The number of piperidine rings is 1. The summed E-state index contributed by atoms with van der Waals surface area (Å²) in [5, 5.41) is 33.6. The highest BCUT2D eigenvalue weighted by Gasteiger charge is 2.41. The number of hydrogen-bond donors (Lipinski definition) is 4. The van der Waals surface area contributed by atoms with E-state index in [1.165, 1.54) is 0 Å². The second-order valence-corrected chi connectivity index (χ2v) is 14.4. The molecule has 0 spiro atoms. The zero-order valence-electron chi connectivity index (χ0n) is 29.4. The van der Waals surface area contributed by atoms with Crippen molar-refractivity contribution in [2.75, 3.05) is 19.6 Å². The summed E-state index contributed by atoms with van der Waals surface area (Å²) in [5.74, 6) is -1.06. The van der Waals surface area contributed by atoms with Crippen molar-refractivity contribution in [2.45, 2.75) is 76.3 Å². The van der Waals surface area contributed by atoms with Gasteiger partial charge in [-0.25, -0.2) is 0 Å². The molecule has 0 aliphatic carbocycles. The molecule has 9 nitrogen and oxygen atoms in total. The molecule has 0 saturated carbocycles. The average molecular weight is 727 g/mol. The van der Waals surface area contributed by atoms with Gasteiger partial charge >= 0.3 is 5.97 Å². The third kappa shape index (κ3) is 9.28. The van der Waals surface area contributed by atoms with Gasteiger partial charge in [0.25, 0.3) is 0 Å². The lowest BCUT2D eigenvalue weighted by Crippen LogP contribution is -2.49. The lowest BCUT2D eigenvalue weighted by Gasteiger charge is -2.45. The van der Waals surface area contributed by atoms with E-state index < -0.39 is 17.9 Å². The average Bonchev–Trinajstić information content (AvgIpc) is 3.16. The van der Waals surface area contributed by atoms with Gasteiger partial charge in [0.15, 0.2) is 6.29 Å². The molecule has 2 aliphatic heterocycles. The van der Waals surface area contributed by atoms with Crippen LogP contribution < -0.4 is 5.32 Å². The number of carboxylic acids is 1. The van der Waals surface area contributed by atoms with Crippen LogP contribution in [0.4, 0.5) is 0 Å². The Labute approximate surface area is 310 Å². The van der Waals surface area contributed by atoms with E-state index in [0.29, 0.717) is 37.4 Å². The molecule has 2 fully saturated rings. The van der Waals surface area contributed by atoms with Crippen LogP contribution in [-0.4, -0.2) is 57.8 Å². The fourth-order valence-electron chi connectivity index (χ4n) is 7.20. The third-order valence-corrected chi connectivity index (χ3v) is 10.7. The highest BCUT2D eigenvalue weighted by atomic mass is 35.5. The van der Waals surface area contributed by atoms with Gasteiger partial charge < -0.3 is 35.0 Å². The first-order chi connectivity index (χ1) is 25.1. The Morgan fingerprint density at radius 2 is 1.56 bits per heavy atom. The van der Waals surface area contributed by atoms with Gasteiger partial charge in [0.1, 0.15) is 0 Å². The summed E-state index contributed by atoms with van der Waals surface area (Å²) in [5.41, 5.74) is 5.68. The van der Waals surface area contributed by atoms with Crippen molar-refractivity contribution in [2.24, 2.45) is 5.92 Å². The van der Waals surface area contributed by atoms with Crippen LogP contribution in [0, 0.1) is 5.92 Å². The molecule has 0 aromatic heterocycles. The van der Waals surface area contributed by atoms with Crippen molar-refractivity contribution in [3.63, 3.8) is 0 Å². The number of nitrogens with one attached hydrogen (secondary N) is 1. The fourth-order valence-corrected chi connectivity index (χ4v) is 7.32. The first-order valence-electron chi connectivity index (χ1n) is 18.0. The van der Waals surface area contributed by atoms with Gasteiger partial charge in [-0.1, -0.05) is 103 Å². The minimum Gasteiger partial charge on any atom is -0.481 e. The topological polar surface area (TPSA) is 129 Å². The van der Waals surface area contributed by atoms with E-state index in [2.05, 4.69) is 17.1 Å². The number of hydrogen-bond acceptors (Lipinski definition) is 7.